The Balaban J connectivity index is 0.858. The number of para-hydroxylation sites is 2. The van der Waals surface area contributed by atoms with Crippen molar-refractivity contribution in [1.29, 1.82) is 0 Å². The minimum atomic E-state index is -0.173. The van der Waals surface area contributed by atoms with E-state index in [1.807, 2.05) is 0 Å². The standard InChI is InChI=1S/C102H87BN4/c1-98(2,3)74-41-30-66(31-42-74)73-38-50-87-93(58-73)104(75-43-32-67(33-44-75)71-36-48-83-85(56-71)101(8,9)62-99(83,4)5)95-60-78(107-89-28-20-18-26-79(89)80-27-19-21-29-90(80)107)61-96-97(95)103(87)88-51-47-77(59-94(88)105(96)76-45-34-68(35-46-76)72-37-49-84-86(57-72)102(10,11)63-100(84,6)7)106-91-52-39-69(64-22-14-12-15-23-64)54-81(91)82-55-70(40-53-92(82)106)65-24-16-13-17-25-65/h12-61H,62-63H2,1-11H3. The molecule has 14 aromatic carbocycles. The van der Waals surface area contributed by atoms with Crippen molar-refractivity contribution < 1.29 is 0 Å². The average Bonchev–Trinajstić information content (AvgIpc) is 1.57. The van der Waals surface area contributed by atoms with E-state index in [2.05, 4.69) is 398 Å². The van der Waals surface area contributed by atoms with E-state index in [0.717, 1.165) is 63.7 Å². The summed E-state index contributed by atoms with van der Waals surface area (Å²) in [6.07, 6.45) is 2.25. The van der Waals surface area contributed by atoms with Gasteiger partial charge in [0.1, 0.15) is 0 Å². The molecule has 2 aliphatic carbocycles. The van der Waals surface area contributed by atoms with Crippen LogP contribution in [-0.2, 0) is 27.1 Å². The van der Waals surface area contributed by atoms with Crippen LogP contribution in [0.15, 0.2) is 303 Å². The first-order valence-corrected chi connectivity index (χ1v) is 38.5. The van der Waals surface area contributed by atoms with E-state index in [0.29, 0.717) is 0 Å². The molecule has 0 amide bonds. The second kappa shape index (κ2) is 23.4. The number of nitrogens with zero attached hydrogens (tertiary/aromatic N) is 4. The lowest BCUT2D eigenvalue weighted by Crippen LogP contribution is -2.61. The Morgan fingerprint density at radius 3 is 1.07 bits per heavy atom. The van der Waals surface area contributed by atoms with Gasteiger partial charge < -0.3 is 18.9 Å². The molecule has 0 saturated carbocycles. The largest absolute Gasteiger partial charge is 0.311 e. The SMILES string of the molecule is CC(C)(C)c1ccc(-c2ccc3c(c2)N(c2ccc(-c4ccc5c(c4)C(C)(C)CC5(C)C)cc2)c2cc(-n4c5ccccc5c5ccccc54)cc4c2B3c2ccc(-n3c5ccc(-c6ccccc6)cc5c5cc(-c6ccccc6)ccc53)cc2N4c2ccc(-c3ccc4c(c3)C(C)(C)CC4(C)C)cc2)cc1. The third-order valence-electron chi connectivity index (χ3n) is 24.8. The molecule has 16 aromatic rings. The Bertz CT molecular complexity index is 6190. The maximum Gasteiger partial charge on any atom is 0.252 e. The lowest BCUT2D eigenvalue weighted by atomic mass is 9.33. The van der Waals surface area contributed by atoms with Gasteiger partial charge in [0.05, 0.1) is 27.8 Å². The highest BCUT2D eigenvalue weighted by molar-refractivity contribution is 7.00. The molecule has 0 spiro atoms. The van der Waals surface area contributed by atoms with Crippen LogP contribution in [0.1, 0.15) is 117 Å². The number of anilines is 6. The maximum absolute atomic E-state index is 2.63. The molecule has 5 heteroatoms. The molecule has 0 atom stereocenters. The predicted octanol–water partition coefficient (Wildman–Crippen LogP) is 25.5. The molecule has 2 aliphatic heterocycles. The van der Waals surface area contributed by atoms with E-state index in [1.165, 1.54) is 138 Å². The summed E-state index contributed by atoms with van der Waals surface area (Å²) in [5.41, 5.74) is 37.0. The fraction of sp³-hybridized carbons (Fsp3) is 0.176. The van der Waals surface area contributed by atoms with Crippen molar-refractivity contribution in [2.75, 3.05) is 9.80 Å². The molecule has 4 nitrogen and oxygen atoms in total. The van der Waals surface area contributed by atoms with Crippen LogP contribution >= 0.6 is 0 Å². The molecule has 518 valence electrons. The van der Waals surface area contributed by atoms with Crippen molar-refractivity contribution in [3.8, 4) is 67.0 Å². The topological polar surface area (TPSA) is 16.3 Å². The molecule has 4 heterocycles. The molecule has 107 heavy (non-hydrogen) atoms. The van der Waals surface area contributed by atoms with Gasteiger partial charge in [-0.3, -0.25) is 0 Å². The first-order valence-electron chi connectivity index (χ1n) is 38.5. The van der Waals surface area contributed by atoms with Crippen molar-refractivity contribution in [3.63, 3.8) is 0 Å². The predicted molar refractivity (Wildman–Crippen MR) is 456 cm³/mol. The van der Waals surface area contributed by atoms with Crippen molar-refractivity contribution in [2.45, 2.75) is 116 Å². The number of rotatable bonds is 9. The van der Waals surface area contributed by atoms with Gasteiger partial charge in [-0.1, -0.05) is 288 Å². The van der Waals surface area contributed by atoms with Gasteiger partial charge in [0.25, 0.3) is 6.71 Å². The van der Waals surface area contributed by atoms with Crippen LogP contribution in [0.4, 0.5) is 34.1 Å². The normalized spacial score (nSPS) is 15.6. The zero-order valence-corrected chi connectivity index (χ0v) is 63.1. The third kappa shape index (κ3) is 10.2. The summed E-state index contributed by atoms with van der Waals surface area (Å²) in [6.45, 7) is 26.1. The lowest BCUT2D eigenvalue weighted by Gasteiger charge is -2.44. The summed E-state index contributed by atoms with van der Waals surface area (Å²) in [5, 5.41) is 4.88. The highest BCUT2D eigenvalue weighted by Gasteiger charge is 2.46. The molecule has 20 rings (SSSR count). The van der Waals surface area contributed by atoms with Crippen molar-refractivity contribution in [1.82, 2.24) is 9.13 Å². The molecule has 2 aromatic heterocycles. The number of hydrogen-bond donors (Lipinski definition) is 0. The second-order valence-electron chi connectivity index (χ2n) is 34.8. The van der Waals surface area contributed by atoms with Gasteiger partial charge in [-0.15, -0.1) is 0 Å². The summed E-state index contributed by atoms with van der Waals surface area (Å²) in [6, 6.07) is 117. The number of aromatic nitrogens is 2. The lowest BCUT2D eigenvalue weighted by molar-refractivity contribution is 0.402. The summed E-state index contributed by atoms with van der Waals surface area (Å²) in [5.74, 6) is 0. The van der Waals surface area contributed by atoms with Crippen molar-refractivity contribution in [2.24, 2.45) is 0 Å². The van der Waals surface area contributed by atoms with E-state index in [1.54, 1.807) is 0 Å². The minimum Gasteiger partial charge on any atom is -0.311 e. The highest BCUT2D eigenvalue weighted by atomic mass is 15.2. The molecule has 0 fully saturated rings. The molecular weight excluding hydrogens is 1290 g/mol. The Labute approximate surface area is 630 Å². The third-order valence-corrected chi connectivity index (χ3v) is 24.8. The van der Waals surface area contributed by atoms with Crippen molar-refractivity contribution >= 4 is 101 Å². The Morgan fingerprint density at radius 1 is 0.262 bits per heavy atom. The minimum absolute atomic E-state index is 0.0138. The van der Waals surface area contributed by atoms with Gasteiger partial charge in [0.15, 0.2) is 0 Å². The second-order valence-corrected chi connectivity index (χ2v) is 34.8. The Hall–Kier alpha value is -11.7. The van der Waals surface area contributed by atoms with Gasteiger partial charge in [-0.25, -0.2) is 0 Å². The summed E-state index contributed by atoms with van der Waals surface area (Å²) < 4.78 is 5.07. The zero-order chi connectivity index (χ0) is 72.8. The summed E-state index contributed by atoms with van der Waals surface area (Å²) in [7, 11) is 0. The van der Waals surface area contributed by atoms with Gasteiger partial charge in [0, 0.05) is 61.4 Å². The van der Waals surface area contributed by atoms with Gasteiger partial charge in [-0.05, 0) is 231 Å². The van der Waals surface area contributed by atoms with Crippen LogP contribution in [0.3, 0.4) is 0 Å². The van der Waals surface area contributed by atoms with Gasteiger partial charge >= 0.3 is 0 Å². The first kappa shape index (κ1) is 64.9. The molecule has 4 aliphatic rings. The van der Waals surface area contributed by atoms with E-state index in [-0.39, 0.29) is 33.8 Å². The van der Waals surface area contributed by atoms with Crippen LogP contribution in [0, 0.1) is 0 Å². The summed E-state index contributed by atoms with van der Waals surface area (Å²) >= 11 is 0. The Morgan fingerprint density at radius 2 is 0.598 bits per heavy atom. The molecule has 0 bridgehead atoms. The number of hydrogen-bond acceptors (Lipinski definition) is 2. The summed E-state index contributed by atoms with van der Waals surface area (Å²) in [4.78, 5) is 5.25. The average molecular weight is 1380 g/mol. The van der Waals surface area contributed by atoms with Crippen LogP contribution in [0.25, 0.3) is 111 Å². The fourth-order valence-corrected chi connectivity index (χ4v) is 20.2. The first-order chi connectivity index (χ1) is 51.6. The van der Waals surface area contributed by atoms with E-state index in [4.69, 9.17) is 0 Å². The smallest absolute Gasteiger partial charge is 0.252 e. The quantitative estimate of drug-likeness (QED) is 0.134. The van der Waals surface area contributed by atoms with Crippen LogP contribution in [0.5, 0.6) is 0 Å². The van der Waals surface area contributed by atoms with Gasteiger partial charge in [0.2, 0.25) is 0 Å². The molecule has 0 saturated heterocycles. The molecule has 0 unspecified atom stereocenters. The fourth-order valence-electron chi connectivity index (χ4n) is 20.2. The van der Waals surface area contributed by atoms with E-state index < -0.39 is 0 Å². The molecule has 0 radical (unpaired) electrons. The van der Waals surface area contributed by atoms with Crippen LogP contribution in [-0.4, -0.2) is 15.8 Å². The van der Waals surface area contributed by atoms with Crippen molar-refractivity contribution in [3.05, 3.63) is 331 Å². The monoisotopic (exact) mass is 1380 g/mol. The molecular formula is C102H87BN4. The van der Waals surface area contributed by atoms with Gasteiger partial charge in [-0.2, -0.15) is 0 Å². The van der Waals surface area contributed by atoms with E-state index >= 15 is 0 Å². The number of benzene rings is 14. The zero-order valence-electron chi connectivity index (χ0n) is 63.1. The van der Waals surface area contributed by atoms with Crippen LogP contribution < -0.4 is 26.2 Å². The van der Waals surface area contributed by atoms with Crippen LogP contribution in [0.2, 0.25) is 0 Å². The maximum atomic E-state index is 2.63. The highest BCUT2D eigenvalue weighted by Crippen LogP contribution is 2.54. The van der Waals surface area contributed by atoms with E-state index in [9.17, 15) is 0 Å². The molecule has 0 N–H and O–H groups in total. The Kier molecular flexibility index (Phi) is 14.2. The number of fused-ring (bicyclic) bond motifs is 12.